The zero-order valence-electron chi connectivity index (χ0n) is 39.4. The van der Waals surface area contributed by atoms with Crippen molar-refractivity contribution in [2.24, 2.45) is 0 Å². The van der Waals surface area contributed by atoms with Crippen LogP contribution in [-0.4, -0.2) is 27.8 Å². The summed E-state index contributed by atoms with van der Waals surface area (Å²) in [5.41, 5.74) is -0.633. The average Bonchev–Trinajstić information content (AvgIpc) is 3.32. The third kappa shape index (κ3) is 18.2. The molecule has 340 valence electrons. The smallest absolute Gasteiger partial charge is 0.691 e. The molecule has 0 heterocycles. The molecule has 6 aromatic rings. The van der Waals surface area contributed by atoms with Crippen LogP contribution in [0.4, 0.5) is 0 Å². The van der Waals surface area contributed by atoms with Crippen LogP contribution >= 0.6 is 15.8 Å². The molecule has 0 aromatic heterocycles. The van der Waals surface area contributed by atoms with Crippen LogP contribution < -0.4 is 31.8 Å². The molecule has 65 heavy (non-hydrogen) atoms. The normalized spacial score (nSPS) is 15.1. The van der Waals surface area contributed by atoms with E-state index >= 15 is 0 Å². The summed E-state index contributed by atoms with van der Waals surface area (Å²) in [4.78, 5) is 0. The van der Waals surface area contributed by atoms with Crippen molar-refractivity contribution in [2.45, 2.75) is 115 Å². The van der Waals surface area contributed by atoms with Crippen LogP contribution in [0.5, 0.6) is 0 Å². The van der Waals surface area contributed by atoms with E-state index in [4.69, 9.17) is 21.7 Å². The molecule has 0 N–H and O–H groups in total. The molecule has 2 fully saturated rings. The standard InChI is InChI=1S/2C18H15P.2C11H19OSi.Pt/c2*1-4-10-16(11-5-1)19(17-12-6-2-7-13-17)18-14-8-3-9-15-18;2*1-5-11(12-13(2,3)4)9-7-6-8-10-11;/h2*1-15H;2*6-10H2,2-4H3;/q;;2*-1;+2. The zero-order valence-corrected chi connectivity index (χ0v) is 45.5. The average molecular weight is 1110 g/mol. The van der Waals surface area contributed by atoms with Crippen LogP contribution in [0.2, 0.25) is 39.3 Å². The quantitative estimate of drug-likeness (QED) is 0.0589. The van der Waals surface area contributed by atoms with E-state index in [1.165, 1.54) is 70.4 Å². The fraction of sp³-hybridized carbons (Fsp3) is 0.310. The first kappa shape index (κ1) is 54.0. The molecule has 0 saturated heterocycles. The topological polar surface area (TPSA) is 18.5 Å². The van der Waals surface area contributed by atoms with Gasteiger partial charge in [-0.05, 0) is 138 Å². The van der Waals surface area contributed by atoms with Crippen molar-refractivity contribution in [2.75, 3.05) is 0 Å². The Bertz CT molecular complexity index is 1920. The first-order valence-corrected chi connectivity index (χ1v) is 32.5. The van der Waals surface area contributed by atoms with E-state index in [9.17, 15) is 0 Å². The van der Waals surface area contributed by atoms with Gasteiger partial charge in [0.05, 0.1) is 11.2 Å². The van der Waals surface area contributed by atoms with Crippen molar-refractivity contribution in [1.29, 1.82) is 0 Å². The molecule has 2 aliphatic carbocycles. The summed E-state index contributed by atoms with van der Waals surface area (Å²) in [6, 6.07) is 64.7. The van der Waals surface area contributed by atoms with E-state index in [0.717, 1.165) is 25.7 Å². The maximum atomic E-state index is 7.37. The molecule has 7 heteroatoms. The number of benzene rings is 6. The van der Waals surface area contributed by atoms with Crippen LogP contribution in [0, 0.1) is 24.7 Å². The Morgan fingerprint density at radius 3 is 0.692 bits per heavy atom. The van der Waals surface area contributed by atoms with Crippen LogP contribution in [0.15, 0.2) is 182 Å². The minimum atomic E-state index is -1.52. The van der Waals surface area contributed by atoms with Crippen molar-refractivity contribution in [3.8, 4) is 11.8 Å². The molecular weight excluding hydrogens is 1040 g/mol. The number of rotatable bonds is 10. The Balaban J connectivity index is 0.000000192. The zero-order chi connectivity index (χ0) is 45.7. The molecule has 0 spiro atoms. The first-order valence-electron chi connectivity index (χ1n) is 23.0. The van der Waals surface area contributed by atoms with E-state index in [-0.39, 0.29) is 32.3 Å². The summed E-state index contributed by atoms with van der Waals surface area (Å²) in [5, 5.41) is 8.39. The largest absolute Gasteiger partial charge is 2.00 e. The fourth-order valence-corrected chi connectivity index (χ4v) is 15.7. The molecule has 0 radical (unpaired) electrons. The summed E-state index contributed by atoms with van der Waals surface area (Å²) >= 11 is 0. The molecule has 0 aliphatic heterocycles. The van der Waals surface area contributed by atoms with Gasteiger partial charge in [-0.2, -0.15) is 0 Å². The minimum absolute atomic E-state index is 0. The van der Waals surface area contributed by atoms with Gasteiger partial charge in [-0.15, -0.1) is 0 Å². The van der Waals surface area contributed by atoms with Gasteiger partial charge < -0.3 is 33.5 Å². The van der Waals surface area contributed by atoms with Crippen molar-refractivity contribution < 1.29 is 29.9 Å². The summed E-state index contributed by atoms with van der Waals surface area (Å²) in [6.45, 7) is 13.1. The fourth-order valence-electron chi connectivity index (χ4n) is 8.28. The predicted octanol–water partition coefficient (Wildman–Crippen LogP) is 13.1. The van der Waals surface area contributed by atoms with E-state index < -0.39 is 32.5 Å². The summed E-state index contributed by atoms with van der Waals surface area (Å²) in [7, 11) is -3.93. The Morgan fingerprint density at radius 1 is 0.354 bits per heavy atom. The van der Waals surface area contributed by atoms with Crippen LogP contribution in [0.25, 0.3) is 0 Å². The maximum Gasteiger partial charge on any atom is 2.00 e. The molecule has 2 aliphatic rings. The third-order valence-electron chi connectivity index (χ3n) is 10.9. The maximum absolute atomic E-state index is 7.37. The number of hydrogen-bond acceptors (Lipinski definition) is 2. The van der Waals surface area contributed by atoms with Gasteiger partial charge in [0.25, 0.3) is 0 Å². The van der Waals surface area contributed by atoms with E-state index in [2.05, 4.69) is 233 Å². The molecule has 8 rings (SSSR count). The summed E-state index contributed by atoms with van der Waals surface area (Å²) in [5.74, 6) is 5.27. The van der Waals surface area contributed by atoms with Crippen LogP contribution in [-0.2, 0) is 29.9 Å². The molecule has 0 atom stereocenters. The van der Waals surface area contributed by atoms with Gasteiger partial charge in [-0.25, -0.2) is 0 Å². The van der Waals surface area contributed by atoms with Crippen LogP contribution in [0.1, 0.15) is 64.2 Å². The van der Waals surface area contributed by atoms with Gasteiger partial charge in [0.2, 0.25) is 0 Å². The van der Waals surface area contributed by atoms with Crippen molar-refractivity contribution in [3.63, 3.8) is 0 Å². The second kappa shape index (κ2) is 27.2. The second-order valence-electron chi connectivity index (χ2n) is 18.5. The van der Waals surface area contributed by atoms with Crippen molar-refractivity contribution in [3.05, 3.63) is 195 Å². The molecular formula is C58H68O2P2PtSi2. The van der Waals surface area contributed by atoms with Crippen LogP contribution in [0.3, 0.4) is 0 Å². The van der Waals surface area contributed by atoms with Gasteiger partial charge in [-0.3, -0.25) is 0 Å². The molecule has 0 unspecified atom stereocenters. The first-order chi connectivity index (χ1) is 30.8. The van der Waals surface area contributed by atoms with Gasteiger partial charge >= 0.3 is 21.1 Å². The summed E-state index contributed by atoms with van der Waals surface area (Å²) in [6.07, 6.45) is 26.1. The predicted molar refractivity (Wildman–Crippen MR) is 285 cm³/mol. The monoisotopic (exact) mass is 1110 g/mol. The van der Waals surface area contributed by atoms with Gasteiger partial charge in [0.1, 0.15) is 0 Å². The Morgan fingerprint density at radius 2 is 0.538 bits per heavy atom. The molecule has 0 amide bonds. The Hall–Kier alpha value is -3.66. The van der Waals surface area contributed by atoms with Gasteiger partial charge in [-0.1, -0.05) is 195 Å². The Labute approximate surface area is 412 Å². The third-order valence-corrected chi connectivity index (χ3v) is 17.8. The minimum Gasteiger partial charge on any atom is -0.691 e. The number of hydrogen-bond donors (Lipinski definition) is 0. The molecule has 2 saturated carbocycles. The van der Waals surface area contributed by atoms with E-state index in [1.54, 1.807) is 0 Å². The van der Waals surface area contributed by atoms with Gasteiger partial charge in [0, 0.05) is 0 Å². The molecule has 2 nitrogen and oxygen atoms in total. The Kier molecular flexibility index (Phi) is 22.6. The van der Waals surface area contributed by atoms with Gasteiger partial charge in [0.15, 0.2) is 16.6 Å². The van der Waals surface area contributed by atoms with Crippen molar-refractivity contribution in [1.82, 2.24) is 0 Å². The second-order valence-corrected chi connectivity index (χ2v) is 31.8. The summed E-state index contributed by atoms with van der Waals surface area (Å²) < 4.78 is 12.1. The molecule has 0 bridgehead atoms. The van der Waals surface area contributed by atoms with E-state index in [0.29, 0.717) is 0 Å². The SMILES string of the molecule is [C-]#CC1(O[Si](C)(C)C)CCCCC1.[C-]#CC1(O[Si](C)(C)C)CCCCC1.[Pt+2].c1ccc(P(c2ccccc2)c2ccccc2)cc1.c1ccc(P(c2ccccc2)c2ccccc2)cc1. The van der Waals surface area contributed by atoms with Crippen molar-refractivity contribution >= 4 is 64.3 Å². The molecule has 6 aromatic carbocycles. The van der Waals surface area contributed by atoms with E-state index in [1.807, 2.05) is 0 Å².